The molecule has 15 heavy (non-hydrogen) atoms. The van der Waals surface area contributed by atoms with Crippen LogP contribution in [0.1, 0.15) is 33.6 Å². The van der Waals surface area contributed by atoms with Crippen LogP contribution in [0.3, 0.4) is 0 Å². The van der Waals surface area contributed by atoms with Crippen LogP contribution in [-0.2, 0) is 9.53 Å². The van der Waals surface area contributed by atoms with Gasteiger partial charge in [0.2, 0.25) is 5.91 Å². The Bertz CT molecular complexity index is 163. The molecule has 0 rings (SSSR count). The number of hydrogen-bond donors (Lipinski definition) is 2. The molecule has 4 heteroatoms. The highest BCUT2D eigenvalue weighted by Crippen LogP contribution is 1.90. The zero-order chi connectivity index (χ0) is 11.5. The van der Waals surface area contributed by atoms with Gasteiger partial charge in [-0.2, -0.15) is 0 Å². The molecular weight excluding hydrogens is 192 g/mol. The molecule has 1 unspecified atom stereocenters. The molecule has 0 aromatic carbocycles. The van der Waals surface area contributed by atoms with Crippen LogP contribution in [0.4, 0.5) is 0 Å². The van der Waals surface area contributed by atoms with E-state index in [1.54, 1.807) is 6.92 Å². The van der Waals surface area contributed by atoms with Gasteiger partial charge in [-0.05, 0) is 26.3 Å². The molecule has 4 nitrogen and oxygen atoms in total. The molecule has 0 aliphatic carbocycles. The number of amides is 1. The van der Waals surface area contributed by atoms with Gasteiger partial charge in [-0.25, -0.2) is 0 Å². The van der Waals surface area contributed by atoms with Crippen molar-refractivity contribution in [3.8, 4) is 0 Å². The molecule has 0 aliphatic rings. The van der Waals surface area contributed by atoms with Gasteiger partial charge >= 0.3 is 0 Å². The zero-order valence-electron chi connectivity index (χ0n) is 10.1. The normalized spacial score (nSPS) is 12.5. The van der Waals surface area contributed by atoms with Gasteiger partial charge in [-0.3, -0.25) is 4.79 Å². The van der Waals surface area contributed by atoms with Crippen LogP contribution in [0.15, 0.2) is 0 Å². The van der Waals surface area contributed by atoms with Crippen molar-refractivity contribution >= 4 is 5.91 Å². The van der Waals surface area contributed by atoms with Crippen molar-refractivity contribution in [1.29, 1.82) is 0 Å². The van der Waals surface area contributed by atoms with Gasteiger partial charge in [0.15, 0.2) is 0 Å². The lowest BCUT2D eigenvalue weighted by Crippen LogP contribution is -2.36. The topological polar surface area (TPSA) is 50.4 Å². The number of carbonyl (C=O) groups is 1. The summed E-state index contributed by atoms with van der Waals surface area (Å²) in [5, 5.41) is 6.02. The molecule has 0 saturated heterocycles. The Morgan fingerprint density at radius 2 is 1.87 bits per heavy atom. The van der Waals surface area contributed by atoms with Crippen molar-refractivity contribution in [2.45, 2.75) is 39.7 Å². The molecule has 0 radical (unpaired) electrons. The summed E-state index contributed by atoms with van der Waals surface area (Å²) in [5.41, 5.74) is 0. The fourth-order valence-corrected chi connectivity index (χ4v) is 1.08. The highest BCUT2D eigenvalue weighted by molar-refractivity contribution is 5.80. The van der Waals surface area contributed by atoms with Crippen molar-refractivity contribution < 1.29 is 9.53 Å². The fourth-order valence-electron chi connectivity index (χ4n) is 1.08. The Kier molecular flexibility index (Phi) is 9.52. The van der Waals surface area contributed by atoms with Crippen molar-refractivity contribution in [3.05, 3.63) is 0 Å². The Balaban J connectivity index is 3.38. The monoisotopic (exact) mass is 216 g/mol. The second-order valence-electron chi connectivity index (χ2n) is 3.55. The summed E-state index contributed by atoms with van der Waals surface area (Å²) < 4.78 is 5.37. The number of ether oxygens (including phenoxy) is 1. The molecule has 0 saturated carbocycles. The average Bonchev–Trinajstić information content (AvgIpc) is 2.25. The summed E-state index contributed by atoms with van der Waals surface area (Å²) in [5.74, 6) is -0.0210. The predicted molar refractivity (Wildman–Crippen MR) is 61.9 cm³/mol. The van der Waals surface area contributed by atoms with E-state index in [-0.39, 0.29) is 12.0 Å². The van der Waals surface area contributed by atoms with E-state index in [2.05, 4.69) is 17.6 Å². The first-order chi connectivity index (χ1) is 7.22. The molecule has 2 N–H and O–H groups in total. The van der Waals surface area contributed by atoms with Crippen molar-refractivity contribution in [2.75, 3.05) is 26.2 Å². The van der Waals surface area contributed by atoms with E-state index in [9.17, 15) is 4.79 Å². The first-order valence-corrected chi connectivity index (χ1v) is 5.82. The van der Waals surface area contributed by atoms with Crippen molar-refractivity contribution in [2.24, 2.45) is 0 Å². The second-order valence-corrected chi connectivity index (χ2v) is 3.55. The minimum atomic E-state index is -0.347. The van der Waals surface area contributed by atoms with E-state index in [1.165, 1.54) is 0 Å². The second kappa shape index (κ2) is 9.93. The van der Waals surface area contributed by atoms with Gasteiger partial charge in [0.1, 0.15) is 6.10 Å². The van der Waals surface area contributed by atoms with E-state index in [0.29, 0.717) is 6.61 Å². The largest absolute Gasteiger partial charge is 0.367 e. The first-order valence-electron chi connectivity index (χ1n) is 5.82. The number of hydrogen-bond acceptors (Lipinski definition) is 3. The SMILES string of the molecule is CCCNCCOC(C)C(=O)NCCC. The van der Waals surface area contributed by atoms with Gasteiger partial charge in [0, 0.05) is 13.1 Å². The van der Waals surface area contributed by atoms with Gasteiger partial charge in [0.05, 0.1) is 6.61 Å². The van der Waals surface area contributed by atoms with Crippen LogP contribution in [0.5, 0.6) is 0 Å². The average molecular weight is 216 g/mol. The molecule has 0 aliphatic heterocycles. The Morgan fingerprint density at radius 3 is 2.47 bits per heavy atom. The molecule has 0 aromatic heterocycles. The first kappa shape index (κ1) is 14.4. The molecule has 1 atom stereocenters. The Hall–Kier alpha value is -0.610. The maximum Gasteiger partial charge on any atom is 0.248 e. The van der Waals surface area contributed by atoms with Crippen molar-refractivity contribution in [3.63, 3.8) is 0 Å². The predicted octanol–water partition coefficient (Wildman–Crippen LogP) is 0.917. The molecule has 1 amide bonds. The molecule has 90 valence electrons. The summed E-state index contributed by atoms with van der Waals surface area (Å²) >= 11 is 0. The standard InChI is InChI=1S/C11H24N2O2/c1-4-6-12-8-9-15-10(3)11(14)13-7-5-2/h10,12H,4-9H2,1-3H3,(H,13,14). The summed E-state index contributed by atoms with van der Waals surface area (Å²) in [4.78, 5) is 11.4. The molecule has 0 spiro atoms. The van der Waals surface area contributed by atoms with Crippen LogP contribution >= 0.6 is 0 Å². The Morgan fingerprint density at radius 1 is 1.20 bits per heavy atom. The lowest BCUT2D eigenvalue weighted by atomic mass is 10.3. The molecule has 0 heterocycles. The number of rotatable bonds is 9. The third-order valence-electron chi connectivity index (χ3n) is 1.99. The summed E-state index contributed by atoms with van der Waals surface area (Å²) in [6, 6.07) is 0. The van der Waals surface area contributed by atoms with Gasteiger partial charge < -0.3 is 15.4 Å². The van der Waals surface area contributed by atoms with Crippen molar-refractivity contribution in [1.82, 2.24) is 10.6 Å². The lowest BCUT2D eigenvalue weighted by Gasteiger charge is -2.13. The van der Waals surface area contributed by atoms with E-state index >= 15 is 0 Å². The number of carbonyl (C=O) groups excluding carboxylic acids is 1. The number of nitrogens with one attached hydrogen (secondary N) is 2. The molecule has 0 bridgehead atoms. The van der Waals surface area contributed by atoms with E-state index < -0.39 is 0 Å². The summed E-state index contributed by atoms with van der Waals surface area (Å²) in [6.45, 7) is 9.04. The quantitative estimate of drug-likeness (QED) is 0.563. The minimum absolute atomic E-state index is 0.0210. The molecule has 0 fully saturated rings. The van der Waals surface area contributed by atoms with Crippen LogP contribution in [0.2, 0.25) is 0 Å². The highest BCUT2D eigenvalue weighted by atomic mass is 16.5. The lowest BCUT2D eigenvalue weighted by molar-refractivity contribution is -0.131. The smallest absolute Gasteiger partial charge is 0.248 e. The maximum atomic E-state index is 11.4. The van der Waals surface area contributed by atoms with Gasteiger partial charge in [-0.15, -0.1) is 0 Å². The van der Waals surface area contributed by atoms with E-state index in [4.69, 9.17) is 4.74 Å². The van der Waals surface area contributed by atoms with E-state index in [1.807, 2.05) is 6.92 Å². The van der Waals surface area contributed by atoms with Crippen LogP contribution < -0.4 is 10.6 Å². The van der Waals surface area contributed by atoms with E-state index in [0.717, 1.165) is 32.5 Å². The third-order valence-corrected chi connectivity index (χ3v) is 1.99. The van der Waals surface area contributed by atoms with Gasteiger partial charge in [0.25, 0.3) is 0 Å². The van der Waals surface area contributed by atoms with Crippen LogP contribution in [0.25, 0.3) is 0 Å². The minimum Gasteiger partial charge on any atom is -0.367 e. The highest BCUT2D eigenvalue weighted by Gasteiger charge is 2.11. The fraction of sp³-hybridized carbons (Fsp3) is 0.909. The van der Waals surface area contributed by atoms with Gasteiger partial charge in [-0.1, -0.05) is 13.8 Å². The van der Waals surface area contributed by atoms with Crippen LogP contribution in [0, 0.1) is 0 Å². The zero-order valence-corrected chi connectivity index (χ0v) is 10.1. The Labute approximate surface area is 92.8 Å². The molecular formula is C11H24N2O2. The van der Waals surface area contributed by atoms with Crippen LogP contribution in [-0.4, -0.2) is 38.3 Å². The third kappa shape index (κ3) is 8.39. The summed E-state index contributed by atoms with van der Waals surface area (Å²) in [6.07, 6.45) is 1.73. The molecule has 0 aromatic rings. The maximum absolute atomic E-state index is 11.4. The summed E-state index contributed by atoms with van der Waals surface area (Å²) in [7, 11) is 0.